The average molecular weight is 255 g/mol. The van der Waals surface area contributed by atoms with Gasteiger partial charge in [0.05, 0.1) is 11.4 Å². The Morgan fingerprint density at radius 1 is 1.50 bits per heavy atom. The first-order valence-corrected chi connectivity index (χ1v) is 5.74. The summed E-state index contributed by atoms with van der Waals surface area (Å²) in [6, 6.07) is 6.88. The molecule has 0 spiro atoms. The van der Waals surface area contributed by atoms with E-state index >= 15 is 0 Å². The second kappa shape index (κ2) is 3.81. The molecule has 1 aliphatic heterocycles. The number of hydrogen-bond acceptors (Lipinski definition) is 2. The Morgan fingerprint density at radius 2 is 2.29 bits per heavy atom. The molecule has 1 heterocycles. The smallest absolute Gasteiger partial charge is 0.0746 e. The Kier molecular flexibility index (Phi) is 2.68. The van der Waals surface area contributed by atoms with Crippen molar-refractivity contribution in [3.05, 3.63) is 22.7 Å². The Hall–Kier alpha value is -0.700. The van der Waals surface area contributed by atoms with Crippen LogP contribution in [0.4, 0.5) is 11.4 Å². The lowest BCUT2D eigenvalue weighted by Crippen LogP contribution is -2.28. The van der Waals surface area contributed by atoms with Crippen molar-refractivity contribution in [3.63, 3.8) is 0 Å². The van der Waals surface area contributed by atoms with Crippen LogP contribution in [-0.4, -0.2) is 19.6 Å². The number of anilines is 2. The molecule has 1 aromatic rings. The normalized spacial score (nSPS) is 21.1. The van der Waals surface area contributed by atoms with E-state index in [1.165, 1.54) is 22.3 Å². The third-order valence-electron chi connectivity index (χ3n) is 2.88. The Morgan fingerprint density at radius 3 is 3.07 bits per heavy atom. The van der Waals surface area contributed by atoms with E-state index in [1.54, 1.807) is 0 Å². The van der Waals surface area contributed by atoms with E-state index in [4.69, 9.17) is 0 Å². The number of fused-ring (bicyclic) bond motifs is 1. The largest absolute Gasteiger partial charge is 0.383 e. The molecule has 2 nitrogen and oxygen atoms in total. The fourth-order valence-electron chi connectivity index (χ4n) is 1.85. The summed E-state index contributed by atoms with van der Waals surface area (Å²) < 4.78 is 1.17. The van der Waals surface area contributed by atoms with Gasteiger partial charge in [-0.3, -0.25) is 0 Å². The summed E-state index contributed by atoms with van der Waals surface area (Å²) in [5.74, 6) is 0. The van der Waals surface area contributed by atoms with E-state index in [0.29, 0.717) is 6.04 Å². The summed E-state index contributed by atoms with van der Waals surface area (Å²) in [6.45, 7) is 3.31. The van der Waals surface area contributed by atoms with Gasteiger partial charge in [0.15, 0.2) is 0 Å². The van der Waals surface area contributed by atoms with Crippen molar-refractivity contribution in [2.75, 3.05) is 23.8 Å². The monoisotopic (exact) mass is 254 g/mol. The van der Waals surface area contributed by atoms with Crippen LogP contribution in [0.25, 0.3) is 0 Å². The van der Waals surface area contributed by atoms with Gasteiger partial charge >= 0.3 is 0 Å². The highest BCUT2D eigenvalue weighted by molar-refractivity contribution is 9.10. The van der Waals surface area contributed by atoms with Gasteiger partial charge in [0, 0.05) is 24.1 Å². The van der Waals surface area contributed by atoms with Gasteiger partial charge in [0.25, 0.3) is 0 Å². The second-order valence-electron chi connectivity index (χ2n) is 3.81. The SMILES string of the molecule is CC1CCNc2cccc(Br)c2N1C. The molecule has 1 N–H and O–H groups in total. The zero-order valence-electron chi connectivity index (χ0n) is 8.55. The quantitative estimate of drug-likeness (QED) is 0.766. The number of halogens is 1. The first-order chi connectivity index (χ1) is 6.70. The number of nitrogens with one attached hydrogen (secondary N) is 1. The van der Waals surface area contributed by atoms with E-state index in [9.17, 15) is 0 Å². The molecule has 1 unspecified atom stereocenters. The lowest BCUT2D eigenvalue weighted by atomic mass is 10.2. The lowest BCUT2D eigenvalue weighted by Gasteiger charge is -2.26. The molecule has 0 saturated carbocycles. The predicted octanol–water partition coefficient (Wildman–Crippen LogP) is 3.09. The summed E-state index contributed by atoms with van der Waals surface area (Å²) in [5.41, 5.74) is 2.50. The number of nitrogens with zero attached hydrogens (tertiary/aromatic N) is 1. The maximum Gasteiger partial charge on any atom is 0.0746 e. The van der Waals surface area contributed by atoms with Crippen LogP contribution in [0.3, 0.4) is 0 Å². The zero-order chi connectivity index (χ0) is 10.1. The molecule has 1 aromatic carbocycles. The van der Waals surface area contributed by atoms with E-state index in [-0.39, 0.29) is 0 Å². The Labute approximate surface area is 93.4 Å². The second-order valence-corrected chi connectivity index (χ2v) is 4.67. The van der Waals surface area contributed by atoms with Crippen LogP contribution < -0.4 is 10.2 Å². The molecular formula is C11H15BrN2. The van der Waals surface area contributed by atoms with Crippen molar-refractivity contribution in [1.29, 1.82) is 0 Å². The number of rotatable bonds is 0. The van der Waals surface area contributed by atoms with Crippen LogP contribution in [0, 0.1) is 0 Å². The maximum absolute atomic E-state index is 3.60. The maximum atomic E-state index is 3.60. The van der Waals surface area contributed by atoms with Crippen LogP contribution in [0.5, 0.6) is 0 Å². The summed E-state index contributed by atoms with van der Waals surface area (Å²) in [7, 11) is 2.15. The van der Waals surface area contributed by atoms with Crippen molar-refractivity contribution in [2.24, 2.45) is 0 Å². The molecule has 0 aliphatic carbocycles. The first kappa shape index (κ1) is 9.84. The Bertz CT molecular complexity index is 338. The highest BCUT2D eigenvalue weighted by atomic mass is 79.9. The topological polar surface area (TPSA) is 15.3 Å². The van der Waals surface area contributed by atoms with E-state index in [1.807, 2.05) is 0 Å². The third kappa shape index (κ3) is 1.61. The summed E-state index contributed by atoms with van der Waals surface area (Å²) in [4.78, 5) is 2.33. The standard InChI is InChI=1S/C11H15BrN2/c1-8-6-7-13-10-5-3-4-9(12)11(10)14(8)2/h3-5,8,13H,6-7H2,1-2H3. The molecule has 14 heavy (non-hydrogen) atoms. The minimum absolute atomic E-state index is 0.586. The zero-order valence-corrected chi connectivity index (χ0v) is 10.1. The van der Waals surface area contributed by atoms with E-state index in [0.717, 1.165) is 6.54 Å². The third-order valence-corrected chi connectivity index (χ3v) is 3.52. The minimum atomic E-state index is 0.586. The molecule has 0 fully saturated rings. The van der Waals surface area contributed by atoms with Gasteiger partial charge in [0.2, 0.25) is 0 Å². The van der Waals surface area contributed by atoms with Crippen molar-refractivity contribution < 1.29 is 0 Å². The first-order valence-electron chi connectivity index (χ1n) is 4.95. The molecule has 1 aliphatic rings. The molecular weight excluding hydrogens is 240 g/mol. The molecule has 0 radical (unpaired) electrons. The van der Waals surface area contributed by atoms with Crippen molar-refractivity contribution in [1.82, 2.24) is 0 Å². The summed E-state index contributed by atoms with van der Waals surface area (Å²) in [6.07, 6.45) is 1.18. The van der Waals surface area contributed by atoms with Crippen molar-refractivity contribution in [3.8, 4) is 0 Å². The van der Waals surface area contributed by atoms with E-state index < -0.39 is 0 Å². The molecule has 76 valence electrons. The molecule has 0 saturated heterocycles. The van der Waals surface area contributed by atoms with Gasteiger partial charge in [-0.1, -0.05) is 6.07 Å². The van der Waals surface area contributed by atoms with Crippen LogP contribution in [0.1, 0.15) is 13.3 Å². The molecule has 0 aromatic heterocycles. The van der Waals surface area contributed by atoms with Crippen molar-refractivity contribution >= 4 is 27.3 Å². The van der Waals surface area contributed by atoms with Gasteiger partial charge in [-0.15, -0.1) is 0 Å². The van der Waals surface area contributed by atoms with Gasteiger partial charge in [-0.05, 0) is 41.4 Å². The number of benzene rings is 1. The molecule has 2 rings (SSSR count). The van der Waals surface area contributed by atoms with Crippen LogP contribution >= 0.6 is 15.9 Å². The molecule has 1 atom stereocenters. The minimum Gasteiger partial charge on any atom is -0.383 e. The number of hydrogen-bond donors (Lipinski definition) is 1. The molecule has 0 bridgehead atoms. The molecule has 0 amide bonds. The number of para-hydroxylation sites is 1. The Balaban J connectivity index is 2.49. The van der Waals surface area contributed by atoms with Gasteiger partial charge < -0.3 is 10.2 Å². The summed E-state index contributed by atoms with van der Waals surface area (Å²) >= 11 is 3.60. The fraction of sp³-hybridized carbons (Fsp3) is 0.455. The fourth-order valence-corrected chi connectivity index (χ4v) is 2.49. The van der Waals surface area contributed by atoms with Gasteiger partial charge in [-0.2, -0.15) is 0 Å². The van der Waals surface area contributed by atoms with Crippen LogP contribution in [0.2, 0.25) is 0 Å². The highest BCUT2D eigenvalue weighted by Gasteiger charge is 2.19. The summed E-state index contributed by atoms with van der Waals surface area (Å²) in [5, 5.41) is 3.46. The van der Waals surface area contributed by atoms with E-state index in [2.05, 4.69) is 58.3 Å². The lowest BCUT2D eigenvalue weighted by molar-refractivity contribution is 0.657. The van der Waals surface area contributed by atoms with Gasteiger partial charge in [-0.25, -0.2) is 0 Å². The predicted molar refractivity (Wildman–Crippen MR) is 65.1 cm³/mol. The van der Waals surface area contributed by atoms with Crippen LogP contribution in [-0.2, 0) is 0 Å². The van der Waals surface area contributed by atoms with Crippen LogP contribution in [0.15, 0.2) is 22.7 Å². The van der Waals surface area contributed by atoms with Gasteiger partial charge in [0.1, 0.15) is 0 Å². The highest BCUT2D eigenvalue weighted by Crippen LogP contribution is 2.36. The molecule has 3 heteroatoms. The van der Waals surface area contributed by atoms with Crippen molar-refractivity contribution in [2.45, 2.75) is 19.4 Å². The average Bonchev–Trinajstić information content (AvgIpc) is 2.29.